The summed E-state index contributed by atoms with van der Waals surface area (Å²) >= 11 is 0. The summed E-state index contributed by atoms with van der Waals surface area (Å²) in [6.07, 6.45) is 4.18. The van der Waals surface area contributed by atoms with Gasteiger partial charge in [-0.1, -0.05) is 6.07 Å². The largest absolute Gasteiger partial charge is 0.486 e. The normalized spacial score (nSPS) is 14.5. The molecule has 0 atom stereocenters. The van der Waals surface area contributed by atoms with Gasteiger partial charge < -0.3 is 14.5 Å². The Hall–Kier alpha value is -1.81. The fourth-order valence-electron chi connectivity index (χ4n) is 2.01. The molecule has 1 aliphatic carbocycles. The van der Waals surface area contributed by atoms with Gasteiger partial charge in [0.25, 0.3) is 0 Å². The van der Waals surface area contributed by atoms with Gasteiger partial charge in [-0.2, -0.15) is 0 Å². The van der Waals surface area contributed by atoms with Crippen molar-refractivity contribution in [2.75, 3.05) is 0 Å². The average molecular weight is 275 g/mol. The number of nitrogens with one attached hydrogen (secondary N) is 1. The predicted octanol–water partition coefficient (Wildman–Crippen LogP) is 3.56. The molecule has 106 valence electrons. The molecule has 0 spiro atoms. The lowest BCUT2D eigenvalue weighted by Crippen LogP contribution is -2.16. The molecular formula is C16H18FNO2. The van der Waals surface area contributed by atoms with E-state index in [1.54, 1.807) is 25.3 Å². The lowest BCUT2D eigenvalue weighted by molar-refractivity contribution is 0.267. The van der Waals surface area contributed by atoms with Gasteiger partial charge in [-0.15, -0.1) is 0 Å². The van der Waals surface area contributed by atoms with Gasteiger partial charge in [0.15, 0.2) is 0 Å². The molecule has 0 amide bonds. The van der Waals surface area contributed by atoms with E-state index in [0.717, 1.165) is 17.9 Å². The van der Waals surface area contributed by atoms with Crippen molar-refractivity contribution in [3.8, 4) is 5.75 Å². The van der Waals surface area contributed by atoms with Crippen molar-refractivity contribution in [2.45, 2.75) is 39.0 Å². The van der Waals surface area contributed by atoms with Crippen LogP contribution >= 0.6 is 0 Å². The zero-order valence-corrected chi connectivity index (χ0v) is 11.5. The van der Waals surface area contributed by atoms with E-state index >= 15 is 0 Å². The molecule has 0 aliphatic heterocycles. The van der Waals surface area contributed by atoms with Gasteiger partial charge in [0, 0.05) is 24.2 Å². The number of ether oxygens (including phenoxy) is 1. The monoisotopic (exact) mass is 275 g/mol. The maximum Gasteiger partial charge on any atom is 0.146 e. The van der Waals surface area contributed by atoms with E-state index in [2.05, 4.69) is 5.32 Å². The zero-order valence-electron chi connectivity index (χ0n) is 11.5. The molecular weight excluding hydrogens is 257 g/mol. The fraction of sp³-hybridized carbons (Fsp3) is 0.375. The fourth-order valence-corrected chi connectivity index (χ4v) is 2.01. The van der Waals surface area contributed by atoms with Crippen LogP contribution in [0.25, 0.3) is 0 Å². The molecule has 3 nitrogen and oxygen atoms in total. The van der Waals surface area contributed by atoms with Gasteiger partial charge in [-0.25, -0.2) is 4.39 Å². The van der Waals surface area contributed by atoms with Crippen LogP contribution in [0.4, 0.5) is 4.39 Å². The zero-order chi connectivity index (χ0) is 13.9. The van der Waals surface area contributed by atoms with Crippen LogP contribution in [0, 0.1) is 12.7 Å². The summed E-state index contributed by atoms with van der Waals surface area (Å²) in [7, 11) is 0. The van der Waals surface area contributed by atoms with Crippen LogP contribution in [0.5, 0.6) is 5.75 Å². The Kier molecular flexibility index (Phi) is 3.74. The number of furan rings is 1. The highest BCUT2D eigenvalue weighted by Gasteiger charge is 2.21. The summed E-state index contributed by atoms with van der Waals surface area (Å²) in [5.74, 6) is 1.06. The smallest absolute Gasteiger partial charge is 0.146 e. The van der Waals surface area contributed by atoms with E-state index < -0.39 is 0 Å². The molecule has 1 aromatic carbocycles. The molecule has 20 heavy (non-hydrogen) atoms. The summed E-state index contributed by atoms with van der Waals surface area (Å²) in [6.45, 7) is 2.84. The quantitative estimate of drug-likeness (QED) is 0.875. The first-order valence-corrected chi connectivity index (χ1v) is 6.90. The van der Waals surface area contributed by atoms with Crippen LogP contribution in [-0.4, -0.2) is 6.04 Å². The highest BCUT2D eigenvalue weighted by Crippen LogP contribution is 2.21. The Morgan fingerprint density at radius 2 is 2.20 bits per heavy atom. The van der Waals surface area contributed by atoms with Crippen LogP contribution < -0.4 is 10.1 Å². The second-order valence-corrected chi connectivity index (χ2v) is 5.22. The third-order valence-corrected chi connectivity index (χ3v) is 3.51. The Morgan fingerprint density at radius 3 is 2.95 bits per heavy atom. The second-order valence-electron chi connectivity index (χ2n) is 5.22. The van der Waals surface area contributed by atoms with E-state index in [1.807, 2.05) is 6.07 Å². The number of halogens is 1. The number of hydrogen-bond acceptors (Lipinski definition) is 3. The van der Waals surface area contributed by atoms with Crippen molar-refractivity contribution in [3.05, 3.63) is 53.2 Å². The van der Waals surface area contributed by atoms with Gasteiger partial charge in [0.2, 0.25) is 0 Å². The van der Waals surface area contributed by atoms with Gasteiger partial charge >= 0.3 is 0 Å². The summed E-state index contributed by atoms with van der Waals surface area (Å²) in [5, 5.41) is 3.44. The second kappa shape index (κ2) is 5.67. The van der Waals surface area contributed by atoms with E-state index in [-0.39, 0.29) is 5.82 Å². The van der Waals surface area contributed by atoms with Crippen molar-refractivity contribution in [1.82, 2.24) is 5.32 Å². The molecule has 0 bridgehead atoms. The number of benzene rings is 1. The summed E-state index contributed by atoms with van der Waals surface area (Å²) in [6, 6.07) is 7.49. The third-order valence-electron chi connectivity index (χ3n) is 3.51. The molecule has 2 aromatic rings. The standard InChI is InChI=1S/C16H18FNO2/c1-11-2-5-14(8-15(11)17)20-10-16-12(6-7-19-16)9-18-13-3-4-13/h2,5-8,13,18H,3-4,9-10H2,1H3. The van der Waals surface area contributed by atoms with E-state index in [0.29, 0.717) is 24.0 Å². The van der Waals surface area contributed by atoms with E-state index in [9.17, 15) is 4.39 Å². The molecule has 1 N–H and O–H groups in total. The SMILES string of the molecule is Cc1ccc(OCc2occc2CNC2CC2)cc1F. The molecule has 1 aromatic heterocycles. The van der Waals surface area contributed by atoms with Crippen molar-refractivity contribution in [1.29, 1.82) is 0 Å². The molecule has 3 rings (SSSR count). The molecule has 1 heterocycles. The van der Waals surface area contributed by atoms with Crippen LogP contribution in [0.15, 0.2) is 34.9 Å². The average Bonchev–Trinajstić information content (AvgIpc) is 3.16. The van der Waals surface area contributed by atoms with E-state index in [4.69, 9.17) is 9.15 Å². The number of aryl methyl sites for hydroxylation is 1. The predicted molar refractivity (Wildman–Crippen MR) is 74.0 cm³/mol. The van der Waals surface area contributed by atoms with Gasteiger partial charge in [0.05, 0.1) is 6.26 Å². The summed E-state index contributed by atoms with van der Waals surface area (Å²) in [5.41, 5.74) is 1.72. The van der Waals surface area contributed by atoms with Crippen LogP contribution in [0.1, 0.15) is 29.7 Å². The molecule has 0 saturated heterocycles. The Balaban J connectivity index is 1.59. The van der Waals surface area contributed by atoms with Gasteiger partial charge in [-0.05, 0) is 37.5 Å². The highest BCUT2D eigenvalue weighted by molar-refractivity contribution is 5.28. The number of rotatable bonds is 6. The van der Waals surface area contributed by atoms with Crippen LogP contribution in [0.2, 0.25) is 0 Å². The topological polar surface area (TPSA) is 34.4 Å². The first-order chi connectivity index (χ1) is 9.72. The van der Waals surface area contributed by atoms with Gasteiger partial charge in [-0.3, -0.25) is 0 Å². The molecule has 1 aliphatic rings. The first kappa shape index (κ1) is 13.2. The maximum atomic E-state index is 13.4. The van der Waals surface area contributed by atoms with Crippen molar-refractivity contribution in [2.24, 2.45) is 0 Å². The van der Waals surface area contributed by atoms with Crippen LogP contribution in [0.3, 0.4) is 0 Å². The van der Waals surface area contributed by atoms with Crippen molar-refractivity contribution < 1.29 is 13.5 Å². The summed E-state index contributed by atoms with van der Waals surface area (Å²) < 4.78 is 24.4. The molecule has 0 radical (unpaired) electrons. The van der Waals surface area contributed by atoms with Gasteiger partial charge in [0.1, 0.15) is 23.9 Å². The lowest BCUT2D eigenvalue weighted by Gasteiger charge is -2.07. The third kappa shape index (κ3) is 3.20. The summed E-state index contributed by atoms with van der Waals surface area (Å²) in [4.78, 5) is 0. The Bertz CT molecular complexity index is 590. The minimum Gasteiger partial charge on any atom is -0.486 e. The number of hydrogen-bond donors (Lipinski definition) is 1. The minimum absolute atomic E-state index is 0.252. The molecule has 0 unspecified atom stereocenters. The first-order valence-electron chi connectivity index (χ1n) is 6.90. The van der Waals surface area contributed by atoms with E-state index in [1.165, 1.54) is 18.9 Å². The maximum absolute atomic E-state index is 13.4. The highest BCUT2D eigenvalue weighted by atomic mass is 19.1. The lowest BCUT2D eigenvalue weighted by atomic mass is 10.2. The Labute approximate surface area is 117 Å². The molecule has 4 heteroatoms. The molecule has 1 fully saturated rings. The van der Waals surface area contributed by atoms with Crippen molar-refractivity contribution >= 4 is 0 Å². The molecule has 1 saturated carbocycles. The Morgan fingerprint density at radius 1 is 1.35 bits per heavy atom. The van der Waals surface area contributed by atoms with Crippen molar-refractivity contribution in [3.63, 3.8) is 0 Å². The minimum atomic E-state index is -0.252. The van der Waals surface area contributed by atoms with Crippen LogP contribution in [-0.2, 0) is 13.2 Å².